The first-order chi connectivity index (χ1) is 10.8. The van der Waals surface area contributed by atoms with Crippen molar-refractivity contribution >= 4 is 29.3 Å². The minimum atomic E-state index is -1.26. The lowest BCUT2D eigenvalue weighted by atomic mass is 9.75. The molecule has 0 aliphatic carbocycles. The van der Waals surface area contributed by atoms with E-state index in [2.05, 4.69) is 4.99 Å². The summed E-state index contributed by atoms with van der Waals surface area (Å²) in [7, 11) is 0. The third kappa shape index (κ3) is 2.83. The van der Waals surface area contributed by atoms with Gasteiger partial charge in [-0.3, -0.25) is 9.79 Å². The maximum Gasteiger partial charge on any atom is 0.334 e. The summed E-state index contributed by atoms with van der Waals surface area (Å²) in [6, 6.07) is 6.49. The van der Waals surface area contributed by atoms with Crippen LogP contribution in [0.5, 0.6) is 0 Å². The van der Waals surface area contributed by atoms with Crippen LogP contribution >= 0.6 is 11.6 Å². The molecule has 2 atom stereocenters. The van der Waals surface area contributed by atoms with Crippen molar-refractivity contribution in [2.24, 2.45) is 10.9 Å². The van der Waals surface area contributed by atoms with Gasteiger partial charge in [0.25, 0.3) is 0 Å². The van der Waals surface area contributed by atoms with Gasteiger partial charge in [-0.05, 0) is 25.5 Å². The Hall–Kier alpha value is -2.65. The predicted octanol–water partition coefficient (Wildman–Crippen LogP) is 2.83. The van der Waals surface area contributed by atoms with E-state index in [1.807, 2.05) is 6.07 Å². The van der Waals surface area contributed by atoms with Crippen molar-refractivity contribution in [1.29, 1.82) is 5.26 Å². The normalized spacial score (nSPS) is 20.7. The number of nitrogens with zero attached hydrogens (tertiary/aromatic N) is 2. The number of hydrogen-bond donors (Lipinski definition) is 2. The van der Waals surface area contributed by atoms with Gasteiger partial charge in [-0.1, -0.05) is 23.7 Å². The van der Waals surface area contributed by atoms with Gasteiger partial charge in [0.15, 0.2) is 0 Å². The van der Waals surface area contributed by atoms with Crippen molar-refractivity contribution in [3.63, 3.8) is 0 Å². The molecule has 1 aliphatic heterocycles. The number of aliphatic imine (C=N–C) groups is 1. The number of halogens is 1. The van der Waals surface area contributed by atoms with E-state index in [0.717, 1.165) is 0 Å². The summed E-state index contributed by atoms with van der Waals surface area (Å²) in [6.07, 6.45) is 0. The second-order valence-corrected chi connectivity index (χ2v) is 5.55. The topological polar surface area (TPSA) is 111 Å². The minimum absolute atomic E-state index is 0.0625. The molecule has 0 amide bonds. The van der Waals surface area contributed by atoms with Gasteiger partial charge in [-0.25, -0.2) is 4.79 Å². The zero-order chi connectivity index (χ0) is 17.3. The monoisotopic (exact) mass is 332 g/mol. The van der Waals surface area contributed by atoms with Crippen molar-refractivity contribution in [3.8, 4) is 6.07 Å². The molecule has 23 heavy (non-hydrogen) atoms. The van der Waals surface area contributed by atoms with Gasteiger partial charge in [0, 0.05) is 17.3 Å². The molecule has 2 rings (SSSR count). The average molecular weight is 333 g/mol. The zero-order valence-electron chi connectivity index (χ0n) is 12.4. The highest BCUT2D eigenvalue weighted by molar-refractivity contribution is 6.32. The summed E-state index contributed by atoms with van der Waals surface area (Å²) < 4.78 is 0. The van der Waals surface area contributed by atoms with Gasteiger partial charge < -0.3 is 10.2 Å². The number of carbonyl (C=O) groups is 2. The number of carboxylic acid groups (broad SMARTS) is 2. The molecule has 0 radical (unpaired) electrons. The minimum Gasteiger partial charge on any atom is -0.481 e. The molecule has 2 unspecified atom stereocenters. The molecule has 7 heteroatoms. The second-order valence-electron chi connectivity index (χ2n) is 5.17. The summed E-state index contributed by atoms with van der Waals surface area (Å²) in [5.41, 5.74) is 0.860. The fourth-order valence-corrected chi connectivity index (χ4v) is 3.13. The first kappa shape index (κ1) is 16.7. The Morgan fingerprint density at radius 2 is 1.96 bits per heavy atom. The number of carboxylic acids is 2. The molecule has 1 aromatic rings. The van der Waals surface area contributed by atoms with Gasteiger partial charge in [0.2, 0.25) is 0 Å². The van der Waals surface area contributed by atoms with E-state index in [1.165, 1.54) is 19.9 Å². The number of rotatable bonds is 3. The van der Waals surface area contributed by atoms with E-state index in [9.17, 15) is 19.8 Å². The molecule has 2 N–H and O–H groups in total. The van der Waals surface area contributed by atoms with Crippen LogP contribution < -0.4 is 0 Å². The van der Waals surface area contributed by atoms with Crippen LogP contribution in [-0.2, 0) is 9.59 Å². The smallest absolute Gasteiger partial charge is 0.334 e. The number of benzene rings is 1. The molecule has 0 spiro atoms. The van der Waals surface area contributed by atoms with E-state index in [1.54, 1.807) is 12.1 Å². The Morgan fingerprint density at radius 3 is 2.48 bits per heavy atom. The van der Waals surface area contributed by atoms with Gasteiger partial charge in [0.1, 0.15) is 12.0 Å². The predicted molar refractivity (Wildman–Crippen MR) is 83.5 cm³/mol. The summed E-state index contributed by atoms with van der Waals surface area (Å²) in [5, 5.41) is 28.2. The van der Waals surface area contributed by atoms with Crippen molar-refractivity contribution in [3.05, 3.63) is 45.6 Å². The summed E-state index contributed by atoms with van der Waals surface area (Å²) in [6.45, 7) is 3.05. The van der Waals surface area contributed by atoms with E-state index in [0.29, 0.717) is 11.3 Å². The van der Waals surface area contributed by atoms with Gasteiger partial charge in [-0.2, -0.15) is 5.26 Å². The number of hydrogen-bond acceptors (Lipinski definition) is 4. The lowest BCUT2D eigenvalue weighted by molar-refractivity contribution is -0.140. The number of allylic oxidation sites excluding steroid dienone is 1. The quantitative estimate of drug-likeness (QED) is 0.884. The molecule has 1 heterocycles. The summed E-state index contributed by atoms with van der Waals surface area (Å²) >= 11 is 6.21. The lowest BCUT2D eigenvalue weighted by Gasteiger charge is -2.30. The van der Waals surface area contributed by atoms with E-state index in [-0.39, 0.29) is 21.9 Å². The van der Waals surface area contributed by atoms with Crippen LogP contribution in [0.15, 0.2) is 34.5 Å². The fourth-order valence-electron chi connectivity index (χ4n) is 2.85. The van der Waals surface area contributed by atoms with Crippen LogP contribution in [0.2, 0.25) is 5.02 Å². The van der Waals surface area contributed by atoms with Crippen LogP contribution in [0.1, 0.15) is 30.9 Å². The first-order valence-corrected chi connectivity index (χ1v) is 7.08. The Balaban J connectivity index is 2.78. The van der Waals surface area contributed by atoms with Gasteiger partial charge in [-0.15, -0.1) is 0 Å². The molecule has 6 nitrogen and oxygen atoms in total. The first-order valence-electron chi connectivity index (χ1n) is 6.70. The van der Waals surface area contributed by atoms with E-state index in [4.69, 9.17) is 16.9 Å². The average Bonchev–Trinajstić information content (AvgIpc) is 2.45. The molecule has 1 aliphatic rings. The van der Waals surface area contributed by atoms with E-state index >= 15 is 0 Å². The third-order valence-electron chi connectivity index (χ3n) is 3.81. The van der Waals surface area contributed by atoms with Crippen molar-refractivity contribution < 1.29 is 19.8 Å². The Bertz CT molecular complexity index is 805. The standard InChI is InChI=1S/C16H13ClN2O4/c1-7-11(15(20)21)13(12(16(22)23)8(2)19-7)10-5-3-4-9(6-18)14(10)17/h3-5,11,13H,1-2H3,(H,20,21)(H,22,23). The highest BCUT2D eigenvalue weighted by Crippen LogP contribution is 2.42. The Labute approximate surface area is 137 Å². The molecule has 0 bridgehead atoms. The molecular weight excluding hydrogens is 320 g/mol. The van der Waals surface area contributed by atoms with Crippen LogP contribution in [0, 0.1) is 17.2 Å². The maximum absolute atomic E-state index is 11.7. The lowest BCUT2D eigenvalue weighted by Crippen LogP contribution is -2.35. The number of aliphatic carboxylic acids is 2. The zero-order valence-corrected chi connectivity index (χ0v) is 13.1. The largest absolute Gasteiger partial charge is 0.481 e. The second kappa shape index (κ2) is 6.23. The maximum atomic E-state index is 11.7. The van der Waals surface area contributed by atoms with Crippen LogP contribution in [0.3, 0.4) is 0 Å². The van der Waals surface area contributed by atoms with E-state index < -0.39 is 23.8 Å². The molecule has 0 aromatic heterocycles. The summed E-state index contributed by atoms with van der Waals surface area (Å²) in [4.78, 5) is 27.4. The molecule has 0 saturated heterocycles. The van der Waals surface area contributed by atoms with Crippen molar-refractivity contribution in [1.82, 2.24) is 0 Å². The Kier molecular flexibility index (Phi) is 4.52. The number of nitriles is 1. The van der Waals surface area contributed by atoms with Gasteiger partial charge in [0.05, 0.1) is 16.2 Å². The Morgan fingerprint density at radius 1 is 1.30 bits per heavy atom. The molecular formula is C16H13ClN2O4. The molecule has 1 aromatic carbocycles. The molecule has 118 valence electrons. The highest BCUT2D eigenvalue weighted by Gasteiger charge is 2.42. The third-order valence-corrected chi connectivity index (χ3v) is 4.23. The SMILES string of the molecule is CC1=NC(C)=C(C(=O)O)C(c2cccc(C#N)c2Cl)C1C(=O)O. The van der Waals surface area contributed by atoms with Crippen LogP contribution in [0.4, 0.5) is 0 Å². The summed E-state index contributed by atoms with van der Waals surface area (Å²) in [5.74, 6) is -4.62. The fraction of sp³-hybridized carbons (Fsp3) is 0.250. The van der Waals surface area contributed by atoms with Crippen molar-refractivity contribution in [2.45, 2.75) is 19.8 Å². The van der Waals surface area contributed by atoms with Crippen molar-refractivity contribution in [2.75, 3.05) is 0 Å². The molecule has 0 fully saturated rings. The van der Waals surface area contributed by atoms with Crippen LogP contribution in [0.25, 0.3) is 0 Å². The van der Waals surface area contributed by atoms with Crippen LogP contribution in [-0.4, -0.2) is 27.9 Å². The highest BCUT2D eigenvalue weighted by atomic mass is 35.5. The van der Waals surface area contributed by atoms with Gasteiger partial charge >= 0.3 is 11.9 Å². The molecule has 0 saturated carbocycles.